The zero-order valence-corrected chi connectivity index (χ0v) is 22.7. The van der Waals surface area contributed by atoms with E-state index in [-0.39, 0.29) is 18.0 Å². The number of amides is 2. The molecule has 2 amide bonds. The molecule has 2 aromatic heterocycles. The molecule has 1 aliphatic rings. The Labute approximate surface area is 226 Å². The molecule has 0 aliphatic carbocycles. The molecule has 0 radical (unpaired) electrons. The molecular formula is C27H33N9OS. The number of thiazole rings is 1. The van der Waals surface area contributed by atoms with E-state index < -0.39 is 0 Å². The third-order valence-corrected chi connectivity index (χ3v) is 7.20. The smallest absolute Gasteiger partial charge is 0.317 e. The summed E-state index contributed by atoms with van der Waals surface area (Å²) in [5, 5.41) is 9.73. The number of hydrogen-bond donors (Lipinski definition) is 3. The summed E-state index contributed by atoms with van der Waals surface area (Å²) in [4.78, 5) is 34.9. The monoisotopic (exact) mass is 531 g/mol. The van der Waals surface area contributed by atoms with Crippen LogP contribution in [-0.2, 0) is 0 Å². The average molecular weight is 532 g/mol. The Bertz CT molecular complexity index is 1370. The molecule has 3 N–H and O–H groups in total. The van der Waals surface area contributed by atoms with Gasteiger partial charge in [-0.2, -0.15) is 15.0 Å². The standard InChI is InChI=1S/C27H33N9OS/c1-18(2)30-27(37)36-13-11-35(12-14-36)26-33-24(28-16-19(3)20-7-5-4-6-8-20)32-25(34-26)31-21-9-10-22-23(15-21)38-17-29-22/h4-10,15,17-19H,11-14,16H2,1-3H3,(H,30,37)(H2,28,31,32,33,34). The van der Waals surface area contributed by atoms with Crippen LogP contribution < -0.4 is 20.9 Å². The number of urea groups is 1. The number of piperazine rings is 1. The maximum absolute atomic E-state index is 12.4. The van der Waals surface area contributed by atoms with Crippen LogP contribution in [0, 0.1) is 0 Å². The fourth-order valence-electron chi connectivity index (χ4n) is 4.29. The van der Waals surface area contributed by atoms with E-state index in [0.29, 0.717) is 50.6 Å². The predicted octanol–water partition coefficient (Wildman–Crippen LogP) is 4.68. The van der Waals surface area contributed by atoms with Crippen molar-refractivity contribution in [3.8, 4) is 0 Å². The first kappa shape index (κ1) is 25.7. The van der Waals surface area contributed by atoms with Gasteiger partial charge in [0.2, 0.25) is 17.8 Å². The van der Waals surface area contributed by atoms with Crippen molar-refractivity contribution in [1.29, 1.82) is 0 Å². The summed E-state index contributed by atoms with van der Waals surface area (Å²) >= 11 is 1.59. The third kappa shape index (κ3) is 6.28. The Morgan fingerprint density at radius 1 is 0.974 bits per heavy atom. The van der Waals surface area contributed by atoms with Crippen LogP contribution in [0.2, 0.25) is 0 Å². The van der Waals surface area contributed by atoms with Crippen molar-refractivity contribution in [3.63, 3.8) is 0 Å². The zero-order chi connectivity index (χ0) is 26.5. The van der Waals surface area contributed by atoms with E-state index in [1.54, 1.807) is 11.3 Å². The number of carbonyl (C=O) groups excluding carboxylic acids is 1. The average Bonchev–Trinajstić information content (AvgIpc) is 3.40. The van der Waals surface area contributed by atoms with Gasteiger partial charge in [0.15, 0.2) is 0 Å². The van der Waals surface area contributed by atoms with E-state index >= 15 is 0 Å². The minimum Gasteiger partial charge on any atom is -0.353 e. The van der Waals surface area contributed by atoms with Crippen LogP contribution in [0.5, 0.6) is 0 Å². The van der Waals surface area contributed by atoms with Gasteiger partial charge < -0.3 is 25.8 Å². The number of hydrogen-bond acceptors (Lipinski definition) is 9. The van der Waals surface area contributed by atoms with Crippen LogP contribution in [0.25, 0.3) is 10.2 Å². The van der Waals surface area contributed by atoms with Crippen molar-refractivity contribution in [2.24, 2.45) is 0 Å². The van der Waals surface area contributed by atoms with Crippen molar-refractivity contribution in [1.82, 2.24) is 30.2 Å². The molecule has 1 unspecified atom stereocenters. The largest absolute Gasteiger partial charge is 0.353 e. The summed E-state index contributed by atoms with van der Waals surface area (Å²) in [6, 6.07) is 16.5. The number of benzene rings is 2. The molecule has 38 heavy (non-hydrogen) atoms. The summed E-state index contributed by atoms with van der Waals surface area (Å²) in [6.07, 6.45) is 0. The minimum absolute atomic E-state index is 0.0339. The van der Waals surface area contributed by atoms with E-state index in [2.05, 4.69) is 62.0 Å². The topological polar surface area (TPSA) is 111 Å². The first-order valence-corrected chi connectivity index (χ1v) is 13.8. The van der Waals surface area contributed by atoms with E-state index in [0.717, 1.165) is 15.9 Å². The molecule has 1 fully saturated rings. The van der Waals surface area contributed by atoms with Crippen LogP contribution >= 0.6 is 11.3 Å². The highest BCUT2D eigenvalue weighted by Gasteiger charge is 2.24. The van der Waals surface area contributed by atoms with Gasteiger partial charge in [-0.15, -0.1) is 11.3 Å². The van der Waals surface area contributed by atoms with Crippen LogP contribution in [0.4, 0.5) is 28.3 Å². The number of aromatic nitrogens is 4. The highest BCUT2D eigenvalue weighted by molar-refractivity contribution is 7.16. The molecule has 0 bridgehead atoms. The molecule has 1 saturated heterocycles. The van der Waals surface area contributed by atoms with Crippen molar-refractivity contribution in [2.45, 2.75) is 32.7 Å². The van der Waals surface area contributed by atoms with Crippen molar-refractivity contribution < 1.29 is 4.79 Å². The molecule has 1 aliphatic heterocycles. The fraction of sp³-hybridized carbons (Fsp3) is 0.370. The molecule has 4 aromatic rings. The molecular weight excluding hydrogens is 498 g/mol. The fourth-order valence-corrected chi connectivity index (χ4v) is 5.01. The van der Waals surface area contributed by atoms with Gasteiger partial charge in [0.1, 0.15) is 0 Å². The molecule has 0 saturated carbocycles. The second-order valence-electron chi connectivity index (χ2n) is 9.71. The minimum atomic E-state index is -0.0339. The van der Waals surface area contributed by atoms with Gasteiger partial charge in [0.05, 0.1) is 15.7 Å². The zero-order valence-electron chi connectivity index (χ0n) is 21.9. The quantitative estimate of drug-likeness (QED) is 0.301. The molecule has 2 aromatic carbocycles. The van der Waals surface area contributed by atoms with Crippen molar-refractivity contribution >= 4 is 51.1 Å². The Hall–Kier alpha value is -3.99. The summed E-state index contributed by atoms with van der Waals surface area (Å²) < 4.78 is 1.09. The Balaban J connectivity index is 1.34. The number of carbonyl (C=O) groups is 1. The SMILES string of the molecule is CC(C)NC(=O)N1CCN(c2nc(NCC(C)c3ccccc3)nc(Nc3ccc4ncsc4c3)n2)CC1. The second kappa shape index (κ2) is 11.6. The van der Waals surface area contributed by atoms with Gasteiger partial charge in [0, 0.05) is 44.5 Å². The molecule has 3 heterocycles. The summed E-state index contributed by atoms with van der Waals surface area (Å²) in [6.45, 7) is 9.27. The second-order valence-corrected chi connectivity index (χ2v) is 10.6. The first-order chi connectivity index (χ1) is 18.4. The van der Waals surface area contributed by atoms with Crippen LogP contribution in [0.1, 0.15) is 32.3 Å². The number of anilines is 4. The highest BCUT2D eigenvalue weighted by atomic mass is 32.1. The number of rotatable bonds is 8. The Kier molecular flexibility index (Phi) is 7.83. The molecule has 198 valence electrons. The van der Waals surface area contributed by atoms with Gasteiger partial charge in [0.25, 0.3) is 0 Å². The lowest BCUT2D eigenvalue weighted by Gasteiger charge is -2.35. The maximum Gasteiger partial charge on any atom is 0.317 e. The summed E-state index contributed by atoms with van der Waals surface area (Å²) in [7, 11) is 0. The maximum atomic E-state index is 12.4. The van der Waals surface area contributed by atoms with Gasteiger partial charge in [-0.3, -0.25) is 0 Å². The lowest BCUT2D eigenvalue weighted by atomic mass is 10.0. The molecule has 1 atom stereocenters. The van der Waals surface area contributed by atoms with E-state index in [9.17, 15) is 4.79 Å². The Morgan fingerprint density at radius 3 is 2.50 bits per heavy atom. The number of fused-ring (bicyclic) bond motifs is 1. The molecule has 10 nitrogen and oxygen atoms in total. The van der Waals surface area contributed by atoms with E-state index in [1.165, 1.54) is 5.56 Å². The normalized spacial score (nSPS) is 14.5. The van der Waals surface area contributed by atoms with Crippen LogP contribution in [0.3, 0.4) is 0 Å². The molecule has 5 rings (SSSR count). The van der Waals surface area contributed by atoms with Crippen LogP contribution in [0.15, 0.2) is 54.0 Å². The van der Waals surface area contributed by atoms with E-state index in [1.807, 2.05) is 48.5 Å². The van der Waals surface area contributed by atoms with Crippen molar-refractivity contribution in [3.05, 3.63) is 59.6 Å². The predicted molar refractivity (Wildman–Crippen MR) is 154 cm³/mol. The van der Waals surface area contributed by atoms with Gasteiger partial charge >= 0.3 is 6.03 Å². The summed E-state index contributed by atoms with van der Waals surface area (Å²) in [5.41, 5.74) is 4.94. The molecule has 0 spiro atoms. The Morgan fingerprint density at radius 2 is 1.74 bits per heavy atom. The van der Waals surface area contributed by atoms with Gasteiger partial charge in [-0.05, 0) is 43.5 Å². The van der Waals surface area contributed by atoms with Crippen LogP contribution in [-0.4, -0.2) is 69.6 Å². The lowest BCUT2D eigenvalue weighted by molar-refractivity contribution is 0.191. The first-order valence-electron chi connectivity index (χ1n) is 12.9. The van der Waals surface area contributed by atoms with Gasteiger partial charge in [-0.1, -0.05) is 37.3 Å². The van der Waals surface area contributed by atoms with Gasteiger partial charge in [-0.25, -0.2) is 9.78 Å². The third-order valence-electron chi connectivity index (χ3n) is 6.41. The number of nitrogens with zero attached hydrogens (tertiary/aromatic N) is 6. The molecule has 11 heteroatoms. The number of nitrogens with one attached hydrogen (secondary N) is 3. The summed E-state index contributed by atoms with van der Waals surface area (Å²) in [5.74, 6) is 1.84. The van der Waals surface area contributed by atoms with E-state index in [4.69, 9.17) is 9.97 Å². The lowest BCUT2D eigenvalue weighted by Crippen LogP contribution is -2.53. The highest BCUT2D eigenvalue weighted by Crippen LogP contribution is 2.25. The van der Waals surface area contributed by atoms with Crippen molar-refractivity contribution in [2.75, 3.05) is 48.3 Å².